The van der Waals surface area contributed by atoms with Gasteiger partial charge in [-0.25, -0.2) is 0 Å². The summed E-state index contributed by atoms with van der Waals surface area (Å²) in [5.74, 6) is 0.625. The van der Waals surface area contributed by atoms with Crippen molar-refractivity contribution in [3.63, 3.8) is 0 Å². The Morgan fingerprint density at radius 1 is 1.29 bits per heavy atom. The van der Waals surface area contributed by atoms with Crippen LogP contribution < -0.4 is 0 Å². The van der Waals surface area contributed by atoms with Crippen molar-refractivity contribution < 1.29 is 4.74 Å². The van der Waals surface area contributed by atoms with Crippen molar-refractivity contribution in [2.24, 2.45) is 5.41 Å². The van der Waals surface area contributed by atoms with Gasteiger partial charge in [0.1, 0.15) is 0 Å². The lowest BCUT2D eigenvalue weighted by molar-refractivity contribution is 0.129. The summed E-state index contributed by atoms with van der Waals surface area (Å²) in [6, 6.07) is 10.4. The first-order valence-electron chi connectivity index (χ1n) is 7.67. The second-order valence-electron chi connectivity index (χ2n) is 6.20. The molecular formula is C19H25ClO. The number of allylic oxidation sites excluding steroid dienone is 3. The van der Waals surface area contributed by atoms with Crippen molar-refractivity contribution in [3.05, 3.63) is 59.2 Å². The van der Waals surface area contributed by atoms with Crippen LogP contribution in [0.25, 0.3) is 0 Å². The Balaban J connectivity index is 1.87. The Hall–Kier alpha value is -1.05. The smallest absolute Gasteiger partial charge is 0.0721 e. The predicted molar refractivity (Wildman–Crippen MR) is 90.6 cm³/mol. The second kappa shape index (κ2) is 7.82. The molecule has 1 nitrogen and oxygen atoms in total. The fourth-order valence-corrected chi connectivity index (χ4v) is 2.85. The molecular weight excluding hydrogens is 280 g/mol. The minimum atomic E-state index is 0.240. The SMILES string of the molecule is C/C(=C/C[C@]1(C)CCC=C1COCc1ccccc1)CCl. The predicted octanol–water partition coefficient (Wildman–Crippen LogP) is 5.50. The molecule has 21 heavy (non-hydrogen) atoms. The molecule has 0 unspecified atom stereocenters. The molecule has 0 bridgehead atoms. The van der Waals surface area contributed by atoms with Crippen LogP contribution in [-0.4, -0.2) is 12.5 Å². The number of hydrogen-bond donors (Lipinski definition) is 0. The standard InChI is InChI=1S/C19H25ClO/c1-16(13-20)10-12-19(2)11-6-9-18(19)15-21-14-17-7-4-3-5-8-17/h3-5,7-10H,6,11-15H2,1-2H3/b16-10-/t19-/m0/s1. The highest BCUT2D eigenvalue weighted by atomic mass is 35.5. The molecule has 114 valence electrons. The highest BCUT2D eigenvalue weighted by Gasteiger charge is 2.31. The zero-order valence-electron chi connectivity index (χ0n) is 13.1. The van der Waals surface area contributed by atoms with Crippen LogP contribution in [0.5, 0.6) is 0 Å². The van der Waals surface area contributed by atoms with Crippen LogP contribution in [-0.2, 0) is 11.3 Å². The van der Waals surface area contributed by atoms with E-state index >= 15 is 0 Å². The quantitative estimate of drug-likeness (QED) is 0.477. The maximum Gasteiger partial charge on any atom is 0.0721 e. The maximum absolute atomic E-state index is 5.92. The van der Waals surface area contributed by atoms with Gasteiger partial charge in [-0.2, -0.15) is 0 Å². The highest BCUT2D eigenvalue weighted by Crippen LogP contribution is 2.42. The highest BCUT2D eigenvalue weighted by molar-refractivity contribution is 6.19. The molecule has 0 N–H and O–H groups in total. The number of halogens is 1. The minimum Gasteiger partial charge on any atom is -0.372 e. The molecule has 1 aromatic rings. The number of benzene rings is 1. The summed E-state index contributed by atoms with van der Waals surface area (Å²) >= 11 is 5.86. The third kappa shape index (κ3) is 4.72. The molecule has 1 aliphatic rings. The molecule has 1 aliphatic carbocycles. The topological polar surface area (TPSA) is 9.23 Å². The summed E-state index contributed by atoms with van der Waals surface area (Å²) in [5, 5.41) is 0. The monoisotopic (exact) mass is 304 g/mol. The van der Waals surface area contributed by atoms with E-state index in [1.807, 2.05) is 6.07 Å². The number of alkyl halides is 1. The summed E-state index contributed by atoms with van der Waals surface area (Å²) in [4.78, 5) is 0. The molecule has 2 heteroatoms. The van der Waals surface area contributed by atoms with E-state index in [1.54, 1.807) is 0 Å². The summed E-state index contributed by atoms with van der Waals surface area (Å²) < 4.78 is 5.92. The lowest BCUT2D eigenvalue weighted by Crippen LogP contribution is -2.18. The molecule has 0 saturated carbocycles. The van der Waals surface area contributed by atoms with Gasteiger partial charge >= 0.3 is 0 Å². The normalized spacial score (nSPS) is 22.4. The molecule has 0 amide bonds. The van der Waals surface area contributed by atoms with Gasteiger partial charge in [-0.15, -0.1) is 11.6 Å². The first-order chi connectivity index (χ1) is 10.1. The Labute approximate surface area is 133 Å². The van der Waals surface area contributed by atoms with Crippen LogP contribution in [0.2, 0.25) is 0 Å². The average Bonchev–Trinajstić information content (AvgIpc) is 2.87. The molecule has 0 saturated heterocycles. The van der Waals surface area contributed by atoms with Crippen LogP contribution in [0.4, 0.5) is 0 Å². The molecule has 2 rings (SSSR count). The van der Waals surface area contributed by atoms with Gasteiger partial charge < -0.3 is 4.74 Å². The summed E-state index contributed by atoms with van der Waals surface area (Å²) in [5.41, 5.74) is 4.17. The summed E-state index contributed by atoms with van der Waals surface area (Å²) in [6.45, 7) is 5.86. The van der Waals surface area contributed by atoms with E-state index in [-0.39, 0.29) is 5.41 Å². The Morgan fingerprint density at radius 3 is 2.76 bits per heavy atom. The van der Waals surface area contributed by atoms with Gasteiger partial charge in [-0.3, -0.25) is 0 Å². The average molecular weight is 305 g/mol. The zero-order valence-corrected chi connectivity index (χ0v) is 13.8. The molecule has 0 heterocycles. The fourth-order valence-electron chi connectivity index (χ4n) is 2.75. The zero-order chi connectivity index (χ0) is 15.1. The van der Waals surface area contributed by atoms with Gasteiger partial charge in [0.05, 0.1) is 13.2 Å². The van der Waals surface area contributed by atoms with E-state index in [9.17, 15) is 0 Å². The van der Waals surface area contributed by atoms with Crippen molar-refractivity contribution in [2.45, 2.75) is 39.7 Å². The molecule has 0 aliphatic heterocycles. The van der Waals surface area contributed by atoms with Gasteiger partial charge in [0, 0.05) is 5.88 Å². The van der Waals surface area contributed by atoms with E-state index in [4.69, 9.17) is 16.3 Å². The molecule has 1 aromatic carbocycles. The van der Waals surface area contributed by atoms with Crippen LogP contribution >= 0.6 is 11.6 Å². The van der Waals surface area contributed by atoms with Crippen LogP contribution in [0, 0.1) is 5.41 Å². The lowest BCUT2D eigenvalue weighted by Gasteiger charge is -2.27. The maximum atomic E-state index is 5.92. The second-order valence-corrected chi connectivity index (χ2v) is 6.46. The number of ether oxygens (including phenoxy) is 1. The number of rotatable bonds is 7. The van der Waals surface area contributed by atoms with Gasteiger partial charge in [0.2, 0.25) is 0 Å². The number of hydrogen-bond acceptors (Lipinski definition) is 1. The fraction of sp³-hybridized carbons (Fsp3) is 0.474. The van der Waals surface area contributed by atoms with Crippen molar-refractivity contribution in [1.82, 2.24) is 0 Å². The van der Waals surface area contributed by atoms with E-state index in [0.717, 1.165) is 19.4 Å². The van der Waals surface area contributed by atoms with E-state index < -0.39 is 0 Å². The Bertz CT molecular complexity index is 504. The first kappa shape index (κ1) is 16.3. The summed E-state index contributed by atoms with van der Waals surface area (Å²) in [6.07, 6.45) is 8.07. The van der Waals surface area contributed by atoms with Crippen molar-refractivity contribution >= 4 is 11.6 Å². The van der Waals surface area contributed by atoms with E-state index in [0.29, 0.717) is 12.5 Å². The lowest BCUT2D eigenvalue weighted by atomic mass is 9.80. The molecule has 0 aromatic heterocycles. The van der Waals surface area contributed by atoms with Crippen LogP contribution in [0.1, 0.15) is 38.7 Å². The van der Waals surface area contributed by atoms with E-state index in [2.05, 4.69) is 50.3 Å². The van der Waals surface area contributed by atoms with Gasteiger partial charge in [-0.05, 0) is 42.7 Å². The van der Waals surface area contributed by atoms with Crippen molar-refractivity contribution in [3.8, 4) is 0 Å². The summed E-state index contributed by atoms with van der Waals surface area (Å²) in [7, 11) is 0. The van der Waals surface area contributed by atoms with Crippen LogP contribution in [0.3, 0.4) is 0 Å². The Morgan fingerprint density at radius 2 is 2.05 bits per heavy atom. The van der Waals surface area contributed by atoms with Crippen molar-refractivity contribution in [1.29, 1.82) is 0 Å². The van der Waals surface area contributed by atoms with Gasteiger partial charge in [-0.1, -0.05) is 55.0 Å². The molecule has 0 spiro atoms. The molecule has 1 atom stereocenters. The molecule has 0 radical (unpaired) electrons. The first-order valence-corrected chi connectivity index (χ1v) is 8.20. The Kier molecular flexibility index (Phi) is 6.08. The van der Waals surface area contributed by atoms with E-state index in [1.165, 1.54) is 23.1 Å². The van der Waals surface area contributed by atoms with Crippen molar-refractivity contribution in [2.75, 3.05) is 12.5 Å². The van der Waals surface area contributed by atoms with Crippen LogP contribution in [0.15, 0.2) is 53.6 Å². The third-order valence-corrected chi connectivity index (χ3v) is 4.76. The van der Waals surface area contributed by atoms with Gasteiger partial charge in [0.15, 0.2) is 0 Å². The van der Waals surface area contributed by atoms with Gasteiger partial charge in [0.25, 0.3) is 0 Å². The largest absolute Gasteiger partial charge is 0.372 e. The molecule has 0 fully saturated rings. The third-order valence-electron chi connectivity index (χ3n) is 4.34. The minimum absolute atomic E-state index is 0.240.